The summed E-state index contributed by atoms with van der Waals surface area (Å²) in [5.74, 6) is 0. The second kappa shape index (κ2) is 75.7. The Morgan fingerprint density at radius 3 is 0.500 bits per heavy atom. The van der Waals surface area contributed by atoms with Crippen molar-refractivity contribution in [2.24, 2.45) is 0 Å². The zero-order valence-corrected chi connectivity index (χ0v) is 16.6. The largest absolute Gasteiger partial charge is 0.358 e. The average Bonchev–Trinajstić information content (AvgIpc) is 2.20. The van der Waals surface area contributed by atoms with Gasteiger partial charge in [0.1, 0.15) is 0 Å². The van der Waals surface area contributed by atoms with E-state index in [0.29, 0.717) is 0 Å². The van der Waals surface area contributed by atoms with Gasteiger partial charge in [-0.05, 0) is 0 Å². The molecule has 0 aliphatic heterocycles. The van der Waals surface area contributed by atoms with Gasteiger partial charge in [0.2, 0.25) is 0 Å². The summed E-state index contributed by atoms with van der Waals surface area (Å²) in [6, 6.07) is 0. The molecule has 0 N–H and O–H groups in total. The van der Waals surface area contributed by atoms with Crippen LogP contribution >= 0.6 is 0 Å². The van der Waals surface area contributed by atoms with Crippen molar-refractivity contribution < 1.29 is 21.1 Å². The number of rotatable bonds is 2. The predicted octanol–water partition coefficient (Wildman–Crippen LogP) is 6.89. The van der Waals surface area contributed by atoms with E-state index in [1.54, 1.807) is 0 Å². The Labute approximate surface area is 122 Å². The molecule has 106 valence electrons. The van der Waals surface area contributed by atoms with E-state index < -0.39 is 0 Å². The van der Waals surface area contributed by atoms with Gasteiger partial charge in [0, 0.05) is 21.1 Å². The van der Waals surface area contributed by atoms with Crippen LogP contribution in [0.3, 0.4) is 0 Å². The third kappa shape index (κ3) is 381. The van der Waals surface area contributed by atoms with Crippen molar-refractivity contribution in [2.45, 2.75) is 93.9 Å². The molecule has 0 aliphatic carbocycles. The molecule has 0 rings (SSSR count). The minimum absolute atomic E-state index is 0. The van der Waals surface area contributed by atoms with E-state index in [2.05, 4.69) is 55.4 Å². The first-order valence-electron chi connectivity index (χ1n) is 6.66. The van der Waals surface area contributed by atoms with Gasteiger partial charge in [-0.1, -0.05) is 93.9 Å². The van der Waals surface area contributed by atoms with E-state index in [1.807, 2.05) is 0 Å². The Bertz CT molecular complexity index is 26.4. The van der Waals surface area contributed by atoms with E-state index >= 15 is 0 Å². The average molecular weight is 403 g/mol. The van der Waals surface area contributed by atoms with Crippen LogP contribution in [0.4, 0.5) is 0 Å². The van der Waals surface area contributed by atoms with Gasteiger partial charge in [0.05, 0.1) is 0 Å². The van der Waals surface area contributed by atoms with Gasteiger partial charge in [-0.15, -0.1) is 0 Å². The molecule has 0 unspecified atom stereocenters. The monoisotopic (exact) mass is 403 g/mol. The summed E-state index contributed by atoms with van der Waals surface area (Å²) < 4.78 is 0. The molecule has 0 bridgehead atoms. The minimum atomic E-state index is 0. The second-order valence-corrected chi connectivity index (χ2v) is 3.41. The first-order chi connectivity index (χ1) is 6.66. The van der Waals surface area contributed by atoms with Crippen molar-refractivity contribution >= 4 is 0 Å². The van der Waals surface area contributed by atoms with Crippen molar-refractivity contribution in [1.29, 1.82) is 0 Å². The molecule has 0 aliphatic rings. The molecule has 1 heteroatoms. The first-order valence-corrected chi connectivity index (χ1v) is 6.66. The summed E-state index contributed by atoms with van der Waals surface area (Å²) >= 11 is 0. The van der Waals surface area contributed by atoms with Crippen LogP contribution in [0.1, 0.15) is 93.9 Å². The third-order valence-electron chi connectivity index (χ3n) is 1.000. The van der Waals surface area contributed by atoms with Gasteiger partial charge in [-0.2, -0.15) is 0 Å². The van der Waals surface area contributed by atoms with Crippen LogP contribution in [0, 0.1) is 7.43 Å². The van der Waals surface area contributed by atoms with Gasteiger partial charge in [-0.25, -0.2) is 0 Å². The molecule has 0 aromatic heterocycles. The van der Waals surface area contributed by atoms with E-state index in [-0.39, 0.29) is 28.5 Å². The van der Waals surface area contributed by atoms with Gasteiger partial charge in [-0.3, -0.25) is 0 Å². The first kappa shape index (κ1) is 36.0. The Hall–Kier alpha value is 0.688. The minimum Gasteiger partial charge on any atom is -0.358 e. The van der Waals surface area contributed by atoms with Crippen molar-refractivity contribution in [1.82, 2.24) is 0 Å². The van der Waals surface area contributed by atoms with Gasteiger partial charge in [0.15, 0.2) is 0 Å². The molecule has 0 fully saturated rings. The van der Waals surface area contributed by atoms with Crippen LogP contribution < -0.4 is 0 Å². The molecule has 0 saturated carbocycles. The molecule has 0 saturated heterocycles. The molecule has 16 heavy (non-hydrogen) atoms. The smallest absolute Gasteiger partial charge is 0 e. The molecule has 0 heterocycles. The summed E-state index contributed by atoms with van der Waals surface area (Å²) in [5, 5.41) is 0. The Kier molecular flexibility index (Phi) is 170. The van der Waals surface area contributed by atoms with Crippen LogP contribution in [0.5, 0.6) is 0 Å². The number of hydrogen-bond donors (Lipinski definition) is 0. The summed E-state index contributed by atoms with van der Waals surface area (Å²) in [7, 11) is 0. The fourth-order valence-electron chi connectivity index (χ4n) is 0. The second-order valence-electron chi connectivity index (χ2n) is 3.41. The maximum atomic E-state index is 2.18. The van der Waals surface area contributed by atoms with Crippen LogP contribution in [-0.2, 0) is 21.1 Å². The molecule has 0 nitrogen and oxygen atoms in total. The topological polar surface area (TPSA) is 0 Å². The maximum Gasteiger partial charge on any atom is 0 e. The molecular formula is C15H39W-. The van der Waals surface area contributed by atoms with Crippen molar-refractivity contribution in [3.8, 4) is 0 Å². The molecular weight excluding hydrogens is 364 g/mol. The van der Waals surface area contributed by atoms with Crippen molar-refractivity contribution in [3.05, 3.63) is 7.43 Å². The van der Waals surface area contributed by atoms with Crippen molar-refractivity contribution in [2.75, 3.05) is 0 Å². The van der Waals surface area contributed by atoms with Crippen LogP contribution in [0.2, 0.25) is 0 Å². The Balaban J connectivity index is -0.0000000202. The van der Waals surface area contributed by atoms with E-state index in [1.165, 1.54) is 38.5 Å². The zero-order valence-electron chi connectivity index (χ0n) is 13.7. The Morgan fingerprint density at radius 1 is 0.438 bits per heavy atom. The maximum absolute atomic E-state index is 2.18. The quantitative estimate of drug-likeness (QED) is 0.440. The summed E-state index contributed by atoms with van der Waals surface area (Å²) in [4.78, 5) is 0. The fourth-order valence-corrected chi connectivity index (χ4v) is 0. The number of unbranched alkanes of at least 4 members (excludes halogenated alkanes) is 2. The molecule has 0 spiro atoms. The van der Waals surface area contributed by atoms with Gasteiger partial charge in [0.25, 0.3) is 0 Å². The van der Waals surface area contributed by atoms with E-state index in [9.17, 15) is 0 Å². The standard InChI is InChI=1S/2C4H10.2C3H8.CH3.W/c2*1-3-4-2;2*1-3-2;;/h2*3-4H2,1-2H3;2*3H2,1-2H3;1H3;/q;;;;-1;. The van der Waals surface area contributed by atoms with Crippen molar-refractivity contribution in [3.63, 3.8) is 0 Å². The molecule has 0 aromatic carbocycles. The SMILES string of the molecule is CCC.CCC.CCCC.CCCC.[CH3-].[W]. The third-order valence-corrected chi connectivity index (χ3v) is 1.000. The predicted molar refractivity (Wildman–Crippen MR) is 79.5 cm³/mol. The molecule has 0 radical (unpaired) electrons. The van der Waals surface area contributed by atoms with Crippen LogP contribution in [0.25, 0.3) is 0 Å². The van der Waals surface area contributed by atoms with E-state index in [4.69, 9.17) is 0 Å². The van der Waals surface area contributed by atoms with Crippen LogP contribution in [0.15, 0.2) is 0 Å². The number of hydrogen-bond acceptors (Lipinski definition) is 0. The fraction of sp³-hybridized carbons (Fsp3) is 0.933. The summed E-state index contributed by atoms with van der Waals surface area (Å²) in [5.41, 5.74) is 0. The Morgan fingerprint density at radius 2 is 0.500 bits per heavy atom. The molecule has 0 amide bonds. The van der Waals surface area contributed by atoms with Crippen LogP contribution in [-0.4, -0.2) is 0 Å². The summed E-state index contributed by atoms with van der Waals surface area (Å²) in [6.45, 7) is 17.2. The molecule has 0 atom stereocenters. The van der Waals surface area contributed by atoms with E-state index in [0.717, 1.165) is 0 Å². The summed E-state index contributed by atoms with van der Waals surface area (Å²) in [6.07, 6.45) is 7.78. The van der Waals surface area contributed by atoms with Gasteiger partial charge >= 0.3 is 0 Å². The normalized spacial score (nSPS) is 6.00. The molecule has 0 aromatic rings. The van der Waals surface area contributed by atoms with Gasteiger partial charge < -0.3 is 7.43 Å². The zero-order chi connectivity index (χ0) is 12.2.